The molecule has 0 N–H and O–H groups in total. The molecule has 0 saturated heterocycles. The Bertz CT molecular complexity index is 732. The average Bonchev–Trinajstić information content (AvgIpc) is 2.95. The highest BCUT2D eigenvalue weighted by Crippen LogP contribution is 2.27. The smallest absolute Gasteiger partial charge is 0.125 e. The second-order valence-electron chi connectivity index (χ2n) is 4.43. The van der Waals surface area contributed by atoms with Crippen LogP contribution in [0.3, 0.4) is 0 Å². The van der Waals surface area contributed by atoms with Crippen LogP contribution in [-0.4, -0.2) is 9.55 Å². The van der Waals surface area contributed by atoms with E-state index in [9.17, 15) is 0 Å². The van der Waals surface area contributed by atoms with Crippen LogP contribution in [0.25, 0.3) is 11.0 Å². The fourth-order valence-corrected chi connectivity index (χ4v) is 3.81. The van der Waals surface area contributed by atoms with E-state index in [0.29, 0.717) is 5.88 Å². The van der Waals surface area contributed by atoms with Crippen LogP contribution in [0.2, 0.25) is 0 Å². The summed E-state index contributed by atoms with van der Waals surface area (Å²) >= 11 is 11.4. The number of aryl methyl sites for hydroxylation is 1. The number of benzene rings is 1. The lowest BCUT2D eigenvalue weighted by Gasteiger charge is -2.07. The van der Waals surface area contributed by atoms with E-state index < -0.39 is 0 Å². The summed E-state index contributed by atoms with van der Waals surface area (Å²) in [7, 11) is 0. The van der Waals surface area contributed by atoms with Crippen LogP contribution in [0.15, 0.2) is 34.1 Å². The summed E-state index contributed by atoms with van der Waals surface area (Å²) in [6, 6.07) is 8.38. The van der Waals surface area contributed by atoms with Crippen LogP contribution in [-0.2, 0) is 12.4 Å². The van der Waals surface area contributed by atoms with Crippen molar-refractivity contribution in [3.05, 3.63) is 50.4 Å². The monoisotopic (exact) mass is 354 g/mol. The first kappa shape index (κ1) is 13.2. The van der Waals surface area contributed by atoms with Gasteiger partial charge in [-0.2, -0.15) is 0 Å². The normalized spacial score (nSPS) is 11.3. The Hall–Kier alpha value is -0.840. The number of alkyl halides is 1. The Morgan fingerprint density at radius 2 is 2.21 bits per heavy atom. The molecule has 0 fully saturated rings. The molecule has 5 heteroatoms. The molecule has 2 nitrogen and oxygen atoms in total. The molecule has 0 spiro atoms. The van der Waals surface area contributed by atoms with Gasteiger partial charge in [0.2, 0.25) is 0 Å². The first-order valence-electron chi connectivity index (χ1n) is 5.92. The molecular formula is C14H12BrClN2S. The first-order chi connectivity index (χ1) is 9.19. The summed E-state index contributed by atoms with van der Waals surface area (Å²) in [6.45, 7) is 2.90. The summed E-state index contributed by atoms with van der Waals surface area (Å²) in [6.07, 6.45) is 0. The molecule has 0 unspecified atom stereocenters. The largest absolute Gasteiger partial charge is 0.322 e. The topological polar surface area (TPSA) is 17.8 Å². The van der Waals surface area contributed by atoms with Gasteiger partial charge in [-0.15, -0.1) is 22.9 Å². The van der Waals surface area contributed by atoms with Crippen molar-refractivity contribution >= 4 is 49.9 Å². The Morgan fingerprint density at radius 1 is 1.37 bits per heavy atom. The molecule has 0 amide bonds. The molecule has 2 aromatic heterocycles. The predicted octanol–water partition coefficient (Wildman–Crippen LogP) is 4.96. The minimum Gasteiger partial charge on any atom is -0.322 e. The number of halogens is 2. The van der Waals surface area contributed by atoms with Crippen LogP contribution in [0, 0.1) is 6.92 Å². The second-order valence-corrected chi connectivity index (χ2v) is 6.55. The quantitative estimate of drug-likeness (QED) is 0.607. The van der Waals surface area contributed by atoms with Gasteiger partial charge in [-0.1, -0.05) is 6.07 Å². The second kappa shape index (κ2) is 5.27. The number of aromatic nitrogens is 2. The molecule has 2 heterocycles. The van der Waals surface area contributed by atoms with Gasteiger partial charge in [-0.05, 0) is 52.0 Å². The Balaban J connectivity index is 2.15. The number of hydrogen-bond acceptors (Lipinski definition) is 2. The molecule has 0 atom stereocenters. The zero-order valence-electron chi connectivity index (χ0n) is 10.4. The molecule has 0 aliphatic heterocycles. The van der Waals surface area contributed by atoms with Crippen LogP contribution in [0.4, 0.5) is 0 Å². The summed E-state index contributed by atoms with van der Waals surface area (Å²) in [5.41, 5.74) is 3.39. The number of thiophene rings is 1. The van der Waals surface area contributed by atoms with Crippen molar-refractivity contribution in [2.45, 2.75) is 19.3 Å². The third kappa shape index (κ3) is 2.45. The van der Waals surface area contributed by atoms with Crippen molar-refractivity contribution in [2.75, 3.05) is 0 Å². The minimum atomic E-state index is 0.427. The molecule has 0 radical (unpaired) electrons. The lowest BCUT2D eigenvalue weighted by Crippen LogP contribution is -2.03. The van der Waals surface area contributed by atoms with Crippen LogP contribution >= 0.6 is 38.9 Å². The van der Waals surface area contributed by atoms with E-state index in [0.717, 1.165) is 27.9 Å². The zero-order valence-corrected chi connectivity index (χ0v) is 13.5. The summed E-state index contributed by atoms with van der Waals surface area (Å²) < 4.78 is 3.35. The van der Waals surface area contributed by atoms with E-state index >= 15 is 0 Å². The van der Waals surface area contributed by atoms with Crippen molar-refractivity contribution in [1.29, 1.82) is 0 Å². The highest BCUT2D eigenvalue weighted by molar-refractivity contribution is 9.10. The highest BCUT2D eigenvalue weighted by Gasteiger charge is 2.12. The highest BCUT2D eigenvalue weighted by atomic mass is 79.9. The first-order valence-corrected chi connectivity index (χ1v) is 8.13. The van der Waals surface area contributed by atoms with Crippen molar-refractivity contribution < 1.29 is 0 Å². The van der Waals surface area contributed by atoms with Crippen LogP contribution in [0.1, 0.15) is 16.3 Å². The number of imidazole rings is 1. The zero-order chi connectivity index (χ0) is 13.4. The molecule has 0 saturated carbocycles. The number of rotatable bonds is 3. The van der Waals surface area contributed by atoms with E-state index in [1.807, 2.05) is 0 Å². The van der Waals surface area contributed by atoms with Crippen molar-refractivity contribution in [3.8, 4) is 0 Å². The Labute approximate surface area is 129 Å². The van der Waals surface area contributed by atoms with Gasteiger partial charge in [0.25, 0.3) is 0 Å². The van der Waals surface area contributed by atoms with E-state index in [2.05, 4.69) is 62.1 Å². The maximum atomic E-state index is 6.03. The molecule has 19 heavy (non-hydrogen) atoms. The van der Waals surface area contributed by atoms with Gasteiger partial charge < -0.3 is 4.57 Å². The standard InChI is InChI=1S/C14H12BrClN2S/c1-9-2-3-11-12(6-9)18(14(7-16)17-11)8-13-10(15)4-5-19-13/h2-6H,7-8H2,1H3. The van der Waals surface area contributed by atoms with Gasteiger partial charge in [0.1, 0.15) is 5.82 Å². The van der Waals surface area contributed by atoms with Crippen molar-refractivity contribution in [2.24, 2.45) is 0 Å². The molecule has 0 aliphatic rings. The Kier molecular flexibility index (Phi) is 3.65. The van der Waals surface area contributed by atoms with Gasteiger partial charge in [0, 0.05) is 9.35 Å². The lowest BCUT2D eigenvalue weighted by molar-refractivity contribution is 0.787. The number of nitrogens with zero attached hydrogens (tertiary/aromatic N) is 2. The molecule has 1 aromatic carbocycles. The summed E-state index contributed by atoms with van der Waals surface area (Å²) in [5.74, 6) is 1.35. The van der Waals surface area contributed by atoms with E-state index in [1.54, 1.807) is 11.3 Å². The fourth-order valence-electron chi connectivity index (χ4n) is 2.14. The van der Waals surface area contributed by atoms with Crippen molar-refractivity contribution in [3.63, 3.8) is 0 Å². The summed E-state index contributed by atoms with van der Waals surface area (Å²) in [4.78, 5) is 5.89. The maximum absolute atomic E-state index is 6.03. The maximum Gasteiger partial charge on any atom is 0.125 e. The third-order valence-corrected chi connectivity index (χ3v) is 5.25. The number of fused-ring (bicyclic) bond motifs is 1. The lowest BCUT2D eigenvalue weighted by atomic mass is 10.2. The minimum absolute atomic E-state index is 0.427. The van der Waals surface area contributed by atoms with E-state index in [1.165, 1.54) is 10.4 Å². The molecule has 0 aliphatic carbocycles. The number of hydrogen-bond donors (Lipinski definition) is 0. The third-order valence-electron chi connectivity index (χ3n) is 3.10. The van der Waals surface area contributed by atoms with Crippen LogP contribution in [0.5, 0.6) is 0 Å². The van der Waals surface area contributed by atoms with Gasteiger partial charge in [0.05, 0.1) is 23.5 Å². The molecule has 98 valence electrons. The van der Waals surface area contributed by atoms with Crippen molar-refractivity contribution in [1.82, 2.24) is 9.55 Å². The average molecular weight is 356 g/mol. The SMILES string of the molecule is Cc1ccc2nc(CCl)n(Cc3sccc3Br)c2c1. The molecule has 3 aromatic rings. The predicted molar refractivity (Wildman–Crippen MR) is 85.1 cm³/mol. The van der Waals surface area contributed by atoms with Crippen LogP contribution < -0.4 is 0 Å². The fraction of sp³-hybridized carbons (Fsp3) is 0.214. The van der Waals surface area contributed by atoms with Gasteiger partial charge in [-0.25, -0.2) is 4.98 Å². The van der Waals surface area contributed by atoms with Gasteiger partial charge in [-0.3, -0.25) is 0 Å². The Morgan fingerprint density at radius 3 is 2.89 bits per heavy atom. The molecular weight excluding hydrogens is 344 g/mol. The van der Waals surface area contributed by atoms with Gasteiger partial charge >= 0.3 is 0 Å². The van der Waals surface area contributed by atoms with Gasteiger partial charge in [0.15, 0.2) is 0 Å². The van der Waals surface area contributed by atoms with E-state index in [-0.39, 0.29) is 0 Å². The summed E-state index contributed by atoms with van der Waals surface area (Å²) in [5, 5.41) is 2.09. The molecule has 3 rings (SSSR count). The van der Waals surface area contributed by atoms with E-state index in [4.69, 9.17) is 11.6 Å². The molecule has 0 bridgehead atoms.